The van der Waals surface area contributed by atoms with Crippen molar-refractivity contribution in [2.75, 3.05) is 13.1 Å². The quantitative estimate of drug-likeness (QED) is 0.619. The predicted octanol–water partition coefficient (Wildman–Crippen LogP) is 2.60. The molecule has 3 fully saturated rings. The molecule has 0 radical (unpaired) electrons. The Labute approximate surface area is 106 Å². The summed E-state index contributed by atoms with van der Waals surface area (Å²) in [6.07, 6.45) is 5.79. The van der Waals surface area contributed by atoms with Gasteiger partial charge >= 0.3 is 0 Å². The predicted molar refractivity (Wildman–Crippen MR) is 67.5 cm³/mol. The van der Waals surface area contributed by atoms with Crippen molar-refractivity contribution in [2.45, 2.75) is 12.8 Å². The van der Waals surface area contributed by atoms with Gasteiger partial charge in [0.15, 0.2) is 0 Å². The summed E-state index contributed by atoms with van der Waals surface area (Å²) in [5.74, 6) is 1.22. The fourth-order valence-electron chi connectivity index (χ4n) is 2.57. The fraction of sp³-hybridized carbons (Fsp3) is 0.417. The van der Waals surface area contributed by atoms with Crippen LogP contribution in [0.1, 0.15) is 18.6 Å². The summed E-state index contributed by atoms with van der Waals surface area (Å²) in [4.78, 5) is 2.26. The smallest absolute Gasteiger partial charge is 0.128 e. The molecule has 92 valence electrons. The highest BCUT2D eigenvalue weighted by atomic mass is 35.5. The number of rotatable bonds is 1. The van der Waals surface area contributed by atoms with Crippen LogP contribution in [0.4, 0.5) is 0 Å². The van der Waals surface area contributed by atoms with Crippen molar-refractivity contribution in [3.8, 4) is 0 Å². The summed E-state index contributed by atoms with van der Waals surface area (Å²) < 4.78 is 5.30. The second kappa shape index (κ2) is 4.84. The Hall–Kier alpha value is -1.42. The van der Waals surface area contributed by atoms with Gasteiger partial charge in [0.05, 0.1) is 12.0 Å². The molecular formula is C12H15ClN2O2. The maximum absolute atomic E-state index is 9.10. The Morgan fingerprint density at radius 2 is 2.18 bits per heavy atom. The average Bonchev–Trinajstić information content (AvgIpc) is 2.83. The van der Waals surface area contributed by atoms with Crippen molar-refractivity contribution in [3.63, 3.8) is 0 Å². The molecule has 2 bridgehead atoms. The Balaban J connectivity index is 0.00000108. The molecule has 1 N–H and O–H groups in total. The highest BCUT2D eigenvalue weighted by molar-refractivity contribution is 6.05. The third-order valence-electron chi connectivity index (χ3n) is 3.41. The Kier molecular flexibility index (Phi) is 3.43. The zero-order valence-electron chi connectivity index (χ0n) is 9.37. The molecular weight excluding hydrogens is 240 g/mol. The molecule has 4 nitrogen and oxygen atoms in total. The summed E-state index contributed by atoms with van der Waals surface area (Å²) in [5, 5.41) is 12.6. The summed E-state index contributed by atoms with van der Waals surface area (Å²) >= 11 is 0. The molecule has 0 spiro atoms. The number of halogens is 1. The summed E-state index contributed by atoms with van der Waals surface area (Å²) in [5.41, 5.74) is 1.83. The van der Waals surface area contributed by atoms with Gasteiger partial charge in [-0.05, 0) is 25.0 Å². The Morgan fingerprint density at radius 1 is 1.41 bits per heavy atom. The summed E-state index contributed by atoms with van der Waals surface area (Å²) in [6, 6.07) is 3.77. The SMILES string of the molecule is Cl.ON=C1C(=Cc2ccco2)N2CCC1CC2. The molecule has 5 heteroatoms. The molecule has 17 heavy (non-hydrogen) atoms. The van der Waals surface area contributed by atoms with Crippen LogP contribution in [0.15, 0.2) is 33.7 Å². The van der Waals surface area contributed by atoms with Gasteiger partial charge in [-0.3, -0.25) is 0 Å². The van der Waals surface area contributed by atoms with Gasteiger partial charge < -0.3 is 14.5 Å². The topological polar surface area (TPSA) is 49.0 Å². The van der Waals surface area contributed by atoms with E-state index in [1.54, 1.807) is 6.26 Å². The molecule has 0 unspecified atom stereocenters. The normalized spacial score (nSPS) is 24.4. The van der Waals surface area contributed by atoms with Crippen LogP contribution in [0.3, 0.4) is 0 Å². The van der Waals surface area contributed by atoms with Crippen molar-refractivity contribution >= 4 is 24.2 Å². The highest BCUT2D eigenvalue weighted by Gasteiger charge is 2.35. The lowest BCUT2D eigenvalue weighted by Gasteiger charge is -2.42. The molecule has 0 aromatic carbocycles. The molecule has 3 aliphatic heterocycles. The maximum Gasteiger partial charge on any atom is 0.128 e. The van der Waals surface area contributed by atoms with Gasteiger partial charge in [0.2, 0.25) is 0 Å². The van der Waals surface area contributed by atoms with E-state index in [-0.39, 0.29) is 12.4 Å². The van der Waals surface area contributed by atoms with Gasteiger partial charge in [-0.1, -0.05) is 5.16 Å². The van der Waals surface area contributed by atoms with Gasteiger partial charge in [-0.2, -0.15) is 0 Å². The molecule has 1 aromatic heterocycles. The zero-order chi connectivity index (χ0) is 11.0. The molecule has 4 heterocycles. The van der Waals surface area contributed by atoms with Gasteiger partial charge in [0, 0.05) is 25.1 Å². The fourth-order valence-corrected chi connectivity index (χ4v) is 2.57. The molecule has 0 atom stereocenters. The van der Waals surface area contributed by atoms with E-state index in [0.717, 1.165) is 43.1 Å². The molecule has 3 aliphatic rings. The second-order valence-corrected chi connectivity index (χ2v) is 4.29. The van der Waals surface area contributed by atoms with Crippen molar-refractivity contribution in [3.05, 3.63) is 29.9 Å². The van der Waals surface area contributed by atoms with Gasteiger partial charge in [0.1, 0.15) is 11.5 Å². The minimum absolute atomic E-state index is 0. The van der Waals surface area contributed by atoms with E-state index in [9.17, 15) is 0 Å². The van der Waals surface area contributed by atoms with Crippen LogP contribution < -0.4 is 0 Å². The standard InChI is InChI=1S/C12H14N2O2.ClH/c15-13-12-9-3-5-14(6-4-9)11(12)8-10-2-1-7-16-10;/h1-2,7-9,15H,3-6H2;1H. The number of oxime groups is 1. The van der Waals surface area contributed by atoms with Crippen molar-refractivity contribution in [2.24, 2.45) is 11.1 Å². The molecule has 4 rings (SSSR count). The number of hydrogen-bond donors (Lipinski definition) is 1. The van der Waals surface area contributed by atoms with E-state index in [1.807, 2.05) is 18.2 Å². The largest absolute Gasteiger partial charge is 0.465 e. The number of piperidine rings is 3. The van der Waals surface area contributed by atoms with Gasteiger partial charge in [-0.15, -0.1) is 12.4 Å². The van der Waals surface area contributed by atoms with Crippen LogP contribution in [0, 0.1) is 5.92 Å². The number of nitrogens with zero attached hydrogens (tertiary/aromatic N) is 2. The van der Waals surface area contributed by atoms with E-state index in [0.29, 0.717) is 5.92 Å². The average molecular weight is 255 g/mol. The molecule has 0 saturated carbocycles. The first-order valence-electron chi connectivity index (χ1n) is 5.61. The van der Waals surface area contributed by atoms with E-state index in [1.165, 1.54) is 0 Å². The Bertz CT molecular complexity index is 431. The first-order valence-corrected chi connectivity index (χ1v) is 5.61. The summed E-state index contributed by atoms with van der Waals surface area (Å²) in [7, 11) is 0. The number of hydrogen-bond acceptors (Lipinski definition) is 4. The van der Waals surface area contributed by atoms with Crippen molar-refractivity contribution in [1.82, 2.24) is 4.90 Å². The third-order valence-corrected chi connectivity index (χ3v) is 3.41. The molecule has 0 aliphatic carbocycles. The monoisotopic (exact) mass is 254 g/mol. The van der Waals surface area contributed by atoms with Crippen molar-refractivity contribution in [1.29, 1.82) is 0 Å². The lowest BCUT2D eigenvalue weighted by atomic mass is 9.84. The van der Waals surface area contributed by atoms with Crippen LogP contribution in [0.5, 0.6) is 0 Å². The van der Waals surface area contributed by atoms with Crippen LogP contribution >= 0.6 is 12.4 Å². The number of allylic oxidation sites excluding steroid dienone is 1. The molecule has 1 aromatic rings. The lowest BCUT2D eigenvalue weighted by Crippen LogP contribution is -2.46. The number of furan rings is 1. The molecule has 3 saturated heterocycles. The van der Waals surface area contributed by atoms with Gasteiger partial charge in [0.25, 0.3) is 0 Å². The zero-order valence-corrected chi connectivity index (χ0v) is 10.2. The van der Waals surface area contributed by atoms with E-state index in [4.69, 9.17) is 9.62 Å². The van der Waals surface area contributed by atoms with Gasteiger partial charge in [-0.25, -0.2) is 0 Å². The maximum atomic E-state index is 9.10. The van der Waals surface area contributed by atoms with E-state index >= 15 is 0 Å². The minimum atomic E-state index is 0. The Morgan fingerprint density at radius 3 is 2.76 bits per heavy atom. The first-order chi connectivity index (χ1) is 7.88. The lowest BCUT2D eigenvalue weighted by molar-refractivity contribution is 0.229. The van der Waals surface area contributed by atoms with Crippen LogP contribution in [0.25, 0.3) is 6.08 Å². The van der Waals surface area contributed by atoms with Crippen LogP contribution in [-0.4, -0.2) is 28.9 Å². The first kappa shape index (κ1) is 12.0. The van der Waals surface area contributed by atoms with Crippen LogP contribution in [-0.2, 0) is 0 Å². The number of fused-ring (bicyclic) bond motifs is 3. The summed E-state index contributed by atoms with van der Waals surface area (Å²) in [6.45, 7) is 2.10. The second-order valence-electron chi connectivity index (χ2n) is 4.29. The highest BCUT2D eigenvalue weighted by Crippen LogP contribution is 2.33. The van der Waals surface area contributed by atoms with Crippen molar-refractivity contribution < 1.29 is 9.62 Å². The minimum Gasteiger partial charge on any atom is -0.465 e. The van der Waals surface area contributed by atoms with E-state index in [2.05, 4.69) is 10.1 Å². The molecule has 0 amide bonds. The van der Waals surface area contributed by atoms with Crippen LogP contribution in [0.2, 0.25) is 0 Å². The van der Waals surface area contributed by atoms with E-state index < -0.39 is 0 Å². The third kappa shape index (κ3) is 2.05.